The summed E-state index contributed by atoms with van der Waals surface area (Å²) in [7, 11) is 0. The van der Waals surface area contributed by atoms with Crippen LogP contribution in [0.2, 0.25) is 0 Å². The molecule has 0 aliphatic carbocycles. The molecule has 2 aliphatic rings. The predicted molar refractivity (Wildman–Crippen MR) is 93.3 cm³/mol. The van der Waals surface area contributed by atoms with Crippen LogP contribution in [0.1, 0.15) is 43.4 Å². The lowest BCUT2D eigenvalue weighted by Crippen LogP contribution is -2.40. The molecule has 3 N–H and O–H groups in total. The molecule has 0 bridgehead atoms. The van der Waals surface area contributed by atoms with Gasteiger partial charge >= 0.3 is 0 Å². The number of fused-ring (bicyclic) bond motifs is 1. The molecule has 0 aromatic heterocycles. The number of nitrogens with one attached hydrogen (secondary N) is 3. The van der Waals surface area contributed by atoms with E-state index in [1.807, 2.05) is 0 Å². The van der Waals surface area contributed by atoms with Crippen LogP contribution in [0.5, 0.6) is 0 Å². The highest BCUT2D eigenvalue weighted by molar-refractivity contribution is 5.76. The van der Waals surface area contributed by atoms with Gasteiger partial charge in [-0.3, -0.25) is 4.79 Å². The molecule has 126 valence electrons. The van der Waals surface area contributed by atoms with Gasteiger partial charge < -0.3 is 16.0 Å². The fraction of sp³-hybridized carbons (Fsp3) is 0.632. The lowest BCUT2D eigenvalue weighted by Gasteiger charge is -2.29. The van der Waals surface area contributed by atoms with E-state index in [-0.39, 0.29) is 11.9 Å². The first kappa shape index (κ1) is 16.5. The molecule has 0 spiro atoms. The van der Waals surface area contributed by atoms with E-state index in [1.165, 1.54) is 24.0 Å². The van der Waals surface area contributed by atoms with Crippen LogP contribution >= 0.6 is 0 Å². The van der Waals surface area contributed by atoms with Crippen molar-refractivity contribution < 1.29 is 4.79 Å². The molecule has 1 fully saturated rings. The maximum absolute atomic E-state index is 12.3. The van der Waals surface area contributed by atoms with E-state index in [0.717, 1.165) is 26.1 Å². The monoisotopic (exact) mass is 315 g/mol. The number of piperidine rings is 1. The summed E-state index contributed by atoms with van der Waals surface area (Å²) in [5, 5.41) is 10.1. The van der Waals surface area contributed by atoms with Gasteiger partial charge in [-0.15, -0.1) is 0 Å². The Labute approximate surface area is 139 Å². The van der Waals surface area contributed by atoms with Gasteiger partial charge in [0.1, 0.15) is 0 Å². The number of carbonyl (C=O) groups is 1. The van der Waals surface area contributed by atoms with Gasteiger partial charge in [-0.2, -0.15) is 0 Å². The second-order valence-corrected chi connectivity index (χ2v) is 7.05. The van der Waals surface area contributed by atoms with Crippen molar-refractivity contribution in [2.75, 3.05) is 26.2 Å². The van der Waals surface area contributed by atoms with Crippen molar-refractivity contribution in [3.05, 3.63) is 35.4 Å². The highest BCUT2D eigenvalue weighted by Gasteiger charge is 2.23. The zero-order valence-electron chi connectivity index (χ0n) is 14.1. The minimum atomic E-state index is 0.188. The zero-order valence-corrected chi connectivity index (χ0v) is 14.1. The molecule has 1 aromatic carbocycles. The van der Waals surface area contributed by atoms with E-state index in [1.54, 1.807) is 0 Å². The van der Waals surface area contributed by atoms with E-state index >= 15 is 0 Å². The van der Waals surface area contributed by atoms with Crippen molar-refractivity contribution in [2.45, 2.75) is 38.6 Å². The average Bonchev–Trinajstić information content (AvgIpc) is 2.60. The van der Waals surface area contributed by atoms with Gasteiger partial charge in [-0.25, -0.2) is 0 Å². The molecule has 4 heteroatoms. The van der Waals surface area contributed by atoms with E-state index in [9.17, 15) is 4.79 Å². The molecule has 23 heavy (non-hydrogen) atoms. The van der Waals surface area contributed by atoms with E-state index in [0.29, 0.717) is 24.8 Å². The normalized spacial score (nSPS) is 25.4. The topological polar surface area (TPSA) is 53.2 Å². The third-order valence-electron chi connectivity index (χ3n) is 5.37. The summed E-state index contributed by atoms with van der Waals surface area (Å²) in [5.41, 5.74) is 2.75. The van der Waals surface area contributed by atoms with Gasteiger partial charge in [0.05, 0.1) is 0 Å². The smallest absolute Gasteiger partial charge is 0.220 e. The lowest BCUT2D eigenvalue weighted by atomic mass is 9.85. The molecular weight excluding hydrogens is 286 g/mol. The van der Waals surface area contributed by atoms with Gasteiger partial charge in [-0.05, 0) is 61.9 Å². The molecule has 2 aliphatic heterocycles. The largest absolute Gasteiger partial charge is 0.354 e. The molecular formula is C19H29N3O. The molecule has 1 saturated heterocycles. The van der Waals surface area contributed by atoms with Crippen molar-refractivity contribution in [1.29, 1.82) is 0 Å². The maximum Gasteiger partial charge on any atom is 0.220 e. The molecule has 3 unspecified atom stereocenters. The Balaban J connectivity index is 1.48. The van der Waals surface area contributed by atoms with Crippen LogP contribution in [0.15, 0.2) is 24.3 Å². The summed E-state index contributed by atoms with van der Waals surface area (Å²) in [4.78, 5) is 12.3. The Morgan fingerprint density at radius 3 is 3.04 bits per heavy atom. The number of hydrogen-bond acceptors (Lipinski definition) is 3. The summed E-state index contributed by atoms with van der Waals surface area (Å²) in [5.74, 6) is 1.28. The highest BCUT2D eigenvalue weighted by Crippen LogP contribution is 2.23. The number of amides is 1. The number of hydrogen-bond donors (Lipinski definition) is 3. The average molecular weight is 315 g/mol. The lowest BCUT2D eigenvalue weighted by molar-refractivity contribution is -0.122. The maximum atomic E-state index is 12.3. The Morgan fingerprint density at radius 1 is 1.35 bits per heavy atom. The van der Waals surface area contributed by atoms with E-state index in [2.05, 4.69) is 47.1 Å². The van der Waals surface area contributed by atoms with Crippen LogP contribution in [0.3, 0.4) is 0 Å². The van der Waals surface area contributed by atoms with Crippen molar-refractivity contribution in [1.82, 2.24) is 16.0 Å². The fourth-order valence-corrected chi connectivity index (χ4v) is 3.89. The Hall–Kier alpha value is -1.39. The first-order valence-corrected chi connectivity index (χ1v) is 9.02. The first-order chi connectivity index (χ1) is 11.2. The number of rotatable bonds is 5. The molecule has 0 radical (unpaired) electrons. The molecule has 3 rings (SSSR count). The summed E-state index contributed by atoms with van der Waals surface area (Å²) in [6.07, 6.45) is 4.20. The molecule has 1 aromatic rings. The van der Waals surface area contributed by atoms with Crippen LogP contribution in [-0.4, -0.2) is 32.1 Å². The van der Waals surface area contributed by atoms with Gasteiger partial charge in [0.15, 0.2) is 0 Å². The number of benzene rings is 1. The minimum Gasteiger partial charge on any atom is -0.354 e. The van der Waals surface area contributed by atoms with Gasteiger partial charge in [0.25, 0.3) is 0 Å². The van der Waals surface area contributed by atoms with E-state index < -0.39 is 0 Å². The Morgan fingerprint density at radius 2 is 2.22 bits per heavy atom. The van der Waals surface area contributed by atoms with Gasteiger partial charge in [0, 0.05) is 19.0 Å². The van der Waals surface area contributed by atoms with Gasteiger partial charge in [0.2, 0.25) is 5.91 Å². The second-order valence-electron chi connectivity index (χ2n) is 7.05. The van der Waals surface area contributed by atoms with E-state index in [4.69, 9.17) is 0 Å². The molecule has 0 saturated carbocycles. The number of carbonyl (C=O) groups excluding carboxylic acids is 1. The quantitative estimate of drug-likeness (QED) is 0.779. The summed E-state index contributed by atoms with van der Waals surface area (Å²) in [6, 6.07) is 8.80. The molecule has 1 amide bonds. The Bertz CT molecular complexity index is 525. The van der Waals surface area contributed by atoms with Gasteiger partial charge in [-0.1, -0.05) is 31.2 Å². The summed E-state index contributed by atoms with van der Waals surface area (Å²) in [6.45, 7) is 6.08. The summed E-state index contributed by atoms with van der Waals surface area (Å²) >= 11 is 0. The van der Waals surface area contributed by atoms with Crippen LogP contribution in [0, 0.1) is 11.8 Å². The molecule has 3 atom stereocenters. The third kappa shape index (κ3) is 4.33. The minimum absolute atomic E-state index is 0.188. The second kappa shape index (κ2) is 7.93. The fourth-order valence-electron chi connectivity index (χ4n) is 3.89. The van der Waals surface area contributed by atoms with Crippen molar-refractivity contribution in [3.8, 4) is 0 Å². The van der Waals surface area contributed by atoms with Crippen LogP contribution in [0.25, 0.3) is 0 Å². The predicted octanol–water partition coefficient (Wildman–Crippen LogP) is 2.02. The zero-order chi connectivity index (χ0) is 16.1. The van der Waals surface area contributed by atoms with Crippen LogP contribution in [0.4, 0.5) is 0 Å². The van der Waals surface area contributed by atoms with Crippen molar-refractivity contribution >= 4 is 5.91 Å². The Kier molecular flexibility index (Phi) is 5.68. The van der Waals surface area contributed by atoms with Crippen molar-refractivity contribution in [3.63, 3.8) is 0 Å². The summed E-state index contributed by atoms with van der Waals surface area (Å²) < 4.78 is 0. The molecule has 2 heterocycles. The highest BCUT2D eigenvalue weighted by atomic mass is 16.1. The molecule has 4 nitrogen and oxygen atoms in total. The van der Waals surface area contributed by atoms with Crippen molar-refractivity contribution in [2.24, 2.45) is 11.8 Å². The third-order valence-corrected chi connectivity index (χ3v) is 5.37. The standard InChI is InChI=1S/C19H29N3O/c1-14(16-6-4-9-20-12-16)11-19(23)22-13-18-17-7-3-2-5-15(17)8-10-21-18/h2-3,5,7,14,16,18,20-21H,4,6,8-13H2,1H3,(H,22,23). The first-order valence-electron chi connectivity index (χ1n) is 9.02. The van der Waals surface area contributed by atoms with Crippen LogP contribution < -0.4 is 16.0 Å². The van der Waals surface area contributed by atoms with Crippen LogP contribution in [-0.2, 0) is 11.2 Å². The SMILES string of the molecule is CC(CC(=O)NCC1NCCc2ccccc21)C1CCCNC1.